The molecule has 0 fully saturated rings. The number of carbonyl (C=O) groups excluding carboxylic acids is 1. The molecule has 0 atom stereocenters. The molecule has 5 heteroatoms. The first-order valence-electron chi connectivity index (χ1n) is 5.88. The van der Waals surface area contributed by atoms with Gasteiger partial charge in [-0.05, 0) is 36.4 Å². The molecule has 0 saturated heterocycles. The summed E-state index contributed by atoms with van der Waals surface area (Å²) >= 11 is 6.05. The minimum Gasteiger partial charge on any atom is -0.493 e. The van der Waals surface area contributed by atoms with Crippen molar-refractivity contribution in [3.8, 4) is 11.5 Å². The van der Waals surface area contributed by atoms with Crippen molar-refractivity contribution < 1.29 is 14.3 Å². The highest BCUT2D eigenvalue weighted by Crippen LogP contribution is 2.29. The molecule has 0 saturated carbocycles. The molecule has 104 valence electrons. The summed E-state index contributed by atoms with van der Waals surface area (Å²) in [5.74, 6) is 0.855. The maximum atomic E-state index is 12.4. The van der Waals surface area contributed by atoms with Crippen LogP contribution in [0.5, 0.6) is 11.5 Å². The molecule has 0 radical (unpaired) electrons. The Balaban J connectivity index is 2.43. The molecular weight excluding hydrogens is 278 g/mol. The van der Waals surface area contributed by atoms with Gasteiger partial charge in [0.25, 0.3) is 0 Å². The number of hydrogen-bond acceptors (Lipinski definition) is 4. The molecule has 0 aromatic heterocycles. The van der Waals surface area contributed by atoms with Gasteiger partial charge in [0, 0.05) is 16.8 Å². The van der Waals surface area contributed by atoms with Crippen LogP contribution in [-0.4, -0.2) is 20.0 Å². The van der Waals surface area contributed by atoms with Crippen molar-refractivity contribution in [2.75, 3.05) is 20.0 Å². The largest absolute Gasteiger partial charge is 0.493 e. The molecule has 20 heavy (non-hydrogen) atoms. The summed E-state index contributed by atoms with van der Waals surface area (Å²) in [6.45, 7) is 0. The lowest BCUT2D eigenvalue weighted by atomic mass is 10.0. The average Bonchev–Trinajstić information content (AvgIpc) is 2.45. The van der Waals surface area contributed by atoms with E-state index in [4.69, 9.17) is 26.8 Å². The van der Waals surface area contributed by atoms with Gasteiger partial charge in [0.1, 0.15) is 0 Å². The van der Waals surface area contributed by atoms with Crippen molar-refractivity contribution in [3.63, 3.8) is 0 Å². The summed E-state index contributed by atoms with van der Waals surface area (Å²) in [6.07, 6.45) is 0. The van der Waals surface area contributed by atoms with Gasteiger partial charge in [-0.25, -0.2) is 0 Å². The number of halogens is 1. The summed E-state index contributed by atoms with van der Waals surface area (Å²) < 4.78 is 10.3. The molecule has 2 aromatic carbocycles. The first kappa shape index (κ1) is 14.2. The Morgan fingerprint density at radius 3 is 2.35 bits per heavy atom. The van der Waals surface area contributed by atoms with Gasteiger partial charge >= 0.3 is 0 Å². The van der Waals surface area contributed by atoms with Crippen LogP contribution in [0.25, 0.3) is 0 Å². The topological polar surface area (TPSA) is 61.5 Å². The molecule has 2 aromatic rings. The molecule has 0 heterocycles. The highest BCUT2D eigenvalue weighted by molar-refractivity contribution is 6.35. The molecule has 0 bridgehead atoms. The summed E-state index contributed by atoms with van der Waals surface area (Å²) in [5, 5.41) is 0.324. The fourth-order valence-corrected chi connectivity index (χ4v) is 2.12. The molecule has 2 rings (SSSR count). The van der Waals surface area contributed by atoms with E-state index in [-0.39, 0.29) is 5.78 Å². The van der Waals surface area contributed by atoms with E-state index in [0.717, 1.165) is 0 Å². The summed E-state index contributed by atoms with van der Waals surface area (Å²) in [6, 6.07) is 9.76. The SMILES string of the molecule is COc1ccc(C(=O)c2ccc(N)cc2Cl)cc1OC. The first-order chi connectivity index (χ1) is 9.56. The minimum absolute atomic E-state index is 0.198. The third-order valence-corrected chi connectivity index (χ3v) is 3.20. The number of methoxy groups -OCH3 is 2. The van der Waals surface area contributed by atoms with Crippen LogP contribution in [0.15, 0.2) is 36.4 Å². The zero-order chi connectivity index (χ0) is 14.7. The lowest BCUT2D eigenvalue weighted by molar-refractivity contribution is 0.103. The Labute approximate surface area is 122 Å². The number of nitrogens with two attached hydrogens (primary N) is 1. The fraction of sp³-hybridized carbons (Fsp3) is 0.133. The Morgan fingerprint density at radius 2 is 1.75 bits per heavy atom. The van der Waals surface area contributed by atoms with Gasteiger partial charge in [-0.2, -0.15) is 0 Å². The van der Waals surface area contributed by atoms with Crippen molar-refractivity contribution in [1.82, 2.24) is 0 Å². The summed E-state index contributed by atoms with van der Waals surface area (Å²) in [4.78, 5) is 12.4. The molecule has 0 unspecified atom stereocenters. The second-order valence-electron chi connectivity index (χ2n) is 4.14. The molecular formula is C15H14ClNO3. The van der Waals surface area contributed by atoms with Gasteiger partial charge in [-0.3, -0.25) is 4.79 Å². The van der Waals surface area contributed by atoms with Crippen molar-refractivity contribution in [3.05, 3.63) is 52.5 Å². The van der Waals surface area contributed by atoms with Gasteiger partial charge in [0.15, 0.2) is 17.3 Å². The monoisotopic (exact) mass is 291 g/mol. The van der Waals surface area contributed by atoms with Crippen LogP contribution >= 0.6 is 11.6 Å². The van der Waals surface area contributed by atoms with E-state index in [9.17, 15) is 4.79 Å². The molecule has 0 amide bonds. The van der Waals surface area contributed by atoms with Crippen molar-refractivity contribution in [2.24, 2.45) is 0 Å². The van der Waals surface area contributed by atoms with Gasteiger partial charge in [0.05, 0.1) is 19.2 Å². The van der Waals surface area contributed by atoms with Crippen LogP contribution in [0.4, 0.5) is 5.69 Å². The van der Waals surface area contributed by atoms with Crippen LogP contribution in [0, 0.1) is 0 Å². The van der Waals surface area contributed by atoms with Crippen LogP contribution in [0.3, 0.4) is 0 Å². The molecule has 0 aliphatic rings. The number of anilines is 1. The molecule has 0 aliphatic heterocycles. The first-order valence-corrected chi connectivity index (χ1v) is 6.26. The van der Waals surface area contributed by atoms with Crippen molar-refractivity contribution >= 4 is 23.1 Å². The number of rotatable bonds is 4. The molecule has 4 nitrogen and oxygen atoms in total. The van der Waals surface area contributed by atoms with E-state index in [0.29, 0.717) is 33.3 Å². The van der Waals surface area contributed by atoms with E-state index >= 15 is 0 Å². The third kappa shape index (κ3) is 2.70. The Bertz CT molecular complexity index is 656. The van der Waals surface area contributed by atoms with E-state index < -0.39 is 0 Å². The molecule has 2 N–H and O–H groups in total. The minimum atomic E-state index is -0.198. The summed E-state index contributed by atoms with van der Waals surface area (Å²) in [5.41, 5.74) is 6.99. The smallest absolute Gasteiger partial charge is 0.194 e. The van der Waals surface area contributed by atoms with E-state index in [2.05, 4.69) is 0 Å². The molecule has 0 aliphatic carbocycles. The van der Waals surface area contributed by atoms with Crippen molar-refractivity contribution in [2.45, 2.75) is 0 Å². The lowest BCUT2D eigenvalue weighted by Crippen LogP contribution is -2.03. The molecule has 0 spiro atoms. The van der Waals surface area contributed by atoms with Gasteiger partial charge in [0.2, 0.25) is 0 Å². The number of hydrogen-bond donors (Lipinski definition) is 1. The number of ether oxygens (including phenoxy) is 2. The predicted molar refractivity (Wildman–Crippen MR) is 78.8 cm³/mol. The maximum Gasteiger partial charge on any atom is 0.194 e. The Hall–Kier alpha value is -2.20. The zero-order valence-corrected chi connectivity index (χ0v) is 11.9. The van der Waals surface area contributed by atoms with Crippen LogP contribution in [0.1, 0.15) is 15.9 Å². The maximum absolute atomic E-state index is 12.4. The number of ketones is 1. The van der Waals surface area contributed by atoms with Crippen LogP contribution in [0.2, 0.25) is 5.02 Å². The average molecular weight is 292 g/mol. The van der Waals surface area contributed by atoms with E-state index in [1.54, 1.807) is 36.4 Å². The van der Waals surface area contributed by atoms with Gasteiger partial charge in [-0.1, -0.05) is 11.6 Å². The Kier molecular flexibility index (Phi) is 4.15. The zero-order valence-electron chi connectivity index (χ0n) is 11.1. The second-order valence-corrected chi connectivity index (χ2v) is 4.55. The normalized spacial score (nSPS) is 10.2. The number of nitrogen functional groups attached to an aromatic ring is 1. The second kappa shape index (κ2) is 5.84. The predicted octanol–water partition coefficient (Wildman–Crippen LogP) is 3.17. The van der Waals surface area contributed by atoms with Crippen molar-refractivity contribution in [1.29, 1.82) is 0 Å². The quantitative estimate of drug-likeness (QED) is 0.694. The standard InChI is InChI=1S/C15H14ClNO3/c1-19-13-6-3-9(7-14(13)20-2)15(18)11-5-4-10(17)8-12(11)16/h3-8H,17H2,1-2H3. The van der Waals surface area contributed by atoms with E-state index in [1.165, 1.54) is 14.2 Å². The van der Waals surface area contributed by atoms with Gasteiger partial charge in [-0.15, -0.1) is 0 Å². The van der Waals surface area contributed by atoms with Crippen LogP contribution in [-0.2, 0) is 0 Å². The highest BCUT2D eigenvalue weighted by atomic mass is 35.5. The highest BCUT2D eigenvalue weighted by Gasteiger charge is 2.15. The fourth-order valence-electron chi connectivity index (χ4n) is 1.85. The number of benzene rings is 2. The third-order valence-electron chi connectivity index (χ3n) is 2.88. The summed E-state index contributed by atoms with van der Waals surface area (Å²) in [7, 11) is 3.05. The number of carbonyl (C=O) groups is 1. The van der Waals surface area contributed by atoms with E-state index in [1.807, 2.05) is 0 Å². The Morgan fingerprint density at radius 1 is 1.05 bits per heavy atom. The van der Waals surface area contributed by atoms with Crippen LogP contribution < -0.4 is 15.2 Å². The van der Waals surface area contributed by atoms with Gasteiger partial charge < -0.3 is 15.2 Å². The lowest BCUT2D eigenvalue weighted by Gasteiger charge is -2.10.